The van der Waals surface area contributed by atoms with E-state index in [0.29, 0.717) is 42.9 Å². The van der Waals surface area contributed by atoms with Crippen molar-refractivity contribution < 1.29 is 17.6 Å². The quantitative estimate of drug-likeness (QED) is 0.311. The summed E-state index contributed by atoms with van der Waals surface area (Å²) in [6.45, 7) is 5.89. The van der Waals surface area contributed by atoms with E-state index in [1.54, 1.807) is 6.26 Å². The van der Waals surface area contributed by atoms with Crippen LogP contribution in [0.4, 0.5) is 13.2 Å². The minimum absolute atomic E-state index is 0. The first-order valence-electron chi connectivity index (χ1n) is 8.40. The molecule has 0 saturated heterocycles. The van der Waals surface area contributed by atoms with Crippen LogP contribution in [-0.2, 0) is 19.0 Å². The molecule has 0 aliphatic carbocycles. The lowest BCUT2D eigenvalue weighted by Gasteiger charge is -2.12. The van der Waals surface area contributed by atoms with E-state index < -0.39 is 11.9 Å². The van der Waals surface area contributed by atoms with E-state index in [9.17, 15) is 13.2 Å². The fourth-order valence-corrected chi connectivity index (χ4v) is 2.86. The fourth-order valence-electron chi connectivity index (χ4n) is 2.05. The number of nitrogens with one attached hydrogen (secondary N) is 2. The average molecular weight is 516 g/mol. The summed E-state index contributed by atoms with van der Waals surface area (Å²) in [7, 11) is 0. The van der Waals surface area contributed by atoms with Gasteiger partial charge in [-0.05, 0) is 18.1 Å². The second-order valence-electron chi connectivity index (χ2n) is 6.14. The molecule has 2 N–H and O–H groups in total. The molecule has 0 aromatic carbocycles. The molecule has 152 valence electrons. The van der Waals surface area contributed by atoms with Crippen molar-refractivity contribution >= 4 is 41.3 Å². The van der Waals surface area contributed by atoms with Gasteiger partial charge in [0.05, 0.1) is 11.3 Å². The average Bonchev–Trinajstić information content (AvgIpc) is 3.23. The van der Waals surface area contributed by atoms with Gasteiger partial charge in [0, 0.05) is 37.9 Å². The number of nitrogens with zero attached hydrogens (tertiary/aromatic N) is 2. The summed E-state index contributed by atoms with van der Waals surface area (Å²) in [6.07, 6.45) is -1.64. The Kier molecular flexibility index (Phi) is 10.1. The van der Waals surface area contributed by atoms with Gasteiger partial charge in [0.25, 0.3) is 0 Å². The first kappa shape index (κ1) is 23.7. The van der Waals surface area contributed by atoms with Crippen molar-refractivity contribution in [3.05, 3.63) is 40.2 Å². The topological polar surface area (TPSA) is 62.5 Å². The molecule has 0 unspecified atom stereocenters. The third-order valence-corrected chi connectivity index (χ3v) is 4.24. The molecule has 0 aliphatic heterocycles. The highest BCUT2D eigenvalue weighted by atomic mass is 127. The zero-order valence-corrected chi connectivity index (χ0v) is 18.3. The van der Waals surface area contributed by atoms with Crippen LogP contribution in [0.15, 0.2) is 33.2 Å². The zero-order valence-electron chi connectivity index (χ0n) is 15.2. The summed E-state index contributed by atoms with van der Waals surface area (Å²) >= 11 is 1.02. The van der Waals surface area contributed by atoms with Gasteiger partial charge in [0.15, 0.2) is 11.7 Å². The molecule has 0 bridgehead atoms. The molecule has 2 aromatic rings. The van der Waals surface area contributed by atoms with Gasteiger partial charge in [-0.3, -0.25) is 4.99 Å². The van der Waals surface area contributed by atoms with Gasteiger partial charge in [0.1, 0.15) is 5.76 Å². The van der Waals surface area contributed by atoms with Crippen LogP contribution in [0.1, 0.15) is 30.3 Å². The molecule has 5 nitrogen and oxygen atoms in total. The Balaban J connectivity index is 0.00000364. The molecular formula is C17H24F3IN4OS. The van der Waals surface area contributed by atoms with Gasteiger partial charge in [-0.25, -0.2) is 4.98 Å². The van der Waals surface area contributed by atoms with E-state index in [-0.39, 0.29) is 24.0 Å². The maximum atomic E-state index is 12.6. The normalized spacial score (nSPS) is 12.1. The Morgan fingerprint density at radius 3 is 2.52 bits per heavy atom. The summed E-state index contributed by atoms with van der Waals surface area (Å²) in [6, 6.07) is 3.74. The summed E-state index contributed by atoms with van der Waals surface area (Å²) in [5.74, 6) is 1.92. The maximum Gasteiger partial charge on any atom is 0.434 e. The van der Waals surface area contributed by atoms with Crippen LogP contribution in [-0.4, -0.2) is 30.6 Å². The van der Waals surface area contributed by atoms with Crippen molar-refractivity contribution in [2.45, 2.75) is 32.9 Å². The fraction of sp³-hybridized carbons (Fsp3) is 0.529. The van der Waals surface area contributed by atoms with Gasteiger partial charge < -0.3 is 15.1 Å². The first-order chi connectivity index (χ1) is 12.3. The van der Waals surface area contributed by atoms with Crippen molar-refractivity contribution in [1.82, 2.24) is 15.6 Å². The number of aromatic nitrogens is 1. The lowest BCUT2D eigenvalue weighted by Crippen LogP contribution is -2.39. The minimum Gasteiger partial charge on any atom is -0.469 e. The number of rotatable bonds is 8. The van der Waals surface area contributed by atoms with Crippen LogP contribution in [0.5, 0.6) is 0 Å². The third kappa shape index (κ3) is 8.96. The molecule has 10 heteroatoms. The van der Waals surface area contributed by atoms with Crippen LogP contribution in [0.25, 0.3) is 0 Å². The van der Waals surface area contributed by atoms with Crippen LogP contribution >= 0.6 is 35.3 Å². The van der Waals surface area contributed by atoms with Crippen LogP contribution in [0.3, 0.4) is 0 Å². The highest BCUT2D eigenvalue weighted by molar-refractivity contribution is 14.0. The van der Waals surface area contributed by atoms with E-state index in [1.165, 1.54) is 0 Å². The molecule has 0 spiro atoms. The molecule has 0 atom stereocenters. The van der Waals surface area contributed by atoms with Crippen LogP contribution in [0.2, 0.25) is 0 Å². The van der Waals surface area contributed by atoms with Crippen molar-refractivity contribution in [2.75, 3.05) is 19.6 Å². The molecule has 0 aliphatic rings. The van der Waals surface area contributed by atoms with Crippen molar-refractivity contribution in [1.29, 1.82) is 0 Å². The second kappa shape index (κ2) is 11.5. The Bertz CT molecular complexity index is 687. The predicted octanol–water partition coefficient (Wildman–Crippen LogP) is 4.35. The van der Waals surface area contributed by atoms with Gasteiger partial charge >= 0.3 is 6.18 Å². The highest BCUT2D eigenvalue weighted by Gasteiger charge is 2.33. The molecule has 2 heterocycles. The van der Waals surface area contributed by atoms with Crippen molar-refractivity contribution in [3.8, 4) is 0 Å². The summed E-state index contributed by atoms with van der Waals surface area (Å²) < 4.78 is 43.0. The number of hydrogen-bond acceptors (Lipinski definition) is 4. The number of halogens is 4. The van der Waals surface area contributed by atoms with Gasteiger partial charge in [0.2, 0.25) is 0 Å². The SMILES string of the molecule is CC(C)CN=C(NCCc1ccco1)NCCc1nc(C(F)(F)F)cs1.I. The Morgan fingerprint density at radius 1 is 1.26 bits per heavy atom. The molecule has 2 rings (SSSR count). The number of thiazole rings is 1. The number of hydrogen-bond donors (Lipinski definition) is 2. The summed E-state index contributed by atoms with van der Waals surface area (Å²) in [5.41, 5.74) is -0.831. The molecule has 2 aromatic heterocycles. The number of furan rings is 1. The summed E-state index contributed by atoms with van der Waals surface area (Å²) in [4.78, 5) is 8.11. The standard InChI is InChI=1S/C17H23F3N4OS.HI/c1-12(2)10-23-16(21-7-5-13-4-3-9-25-13)22-8-6-15-24-14(11-26-15)17(18,19)20;/h3-4,9,11-12H,5-8,10H2,1-2H3,(H2,21,22,23);1H. The smallest absolute Gasteiger partial charge is 0.434 e. The Morgan fingerprint density at radius 2 is 1.96 bits per heavy atom. The van der Waals surface area contributed by atoms with Crippen LogP contribution < -0.4 is 10.6 Å². The van der Waals surface area contributed by atoms with Gasteiger partial charge in [-0.1, -0.05) is 13.8 Å². The summed E-state index contributed by atoms with van der Waals surface area (Å²) in [5, 5.41) is 7.85. The van der Waals surface area contributed by atoms with Crippen LogP contribution in [0, 0.1) is 5.92 Å². The maximum absolute atomic E-state index is 12.6. The number of guanidine groups is 1. The minimum atomic E-state index is -4.39. The number of alkyl halides is 3. The zero-order chi connectivity index (χ0) is 19.0. The highest BCUT2D eigenvalue weighted by Crippen LogP contribution is 2.29. The first-order valence-corrected chi connectivity index (χ1v) is 9.28. The number of aliphatic imine (C=N–C) groups is 1. The van der Waals surface area contributed by atoms with E-state index in [2.05, 4.69) is 34.5 Å². The second-order valence-corrected chi connectivity index (χ2v) is 7.08. The van der Waals surface area contributed by atoms with E-state index in [0.717, 1.165) is 28.9 Å². The molecule has 0 amide bonds. The van der Waals surface area contributed by atoms with Gasteiger partial charge in [-0.2, -0.15) is 13.2 Å². The third-order valence-electron chi connectivity index (χ3n) is 3.33. The molecule has 27 heavy (non-hydrogen) atoms. The molecule has 0 fully saturated rings. The van der Waals surface area contributed by atoms with E-state index in [1.807, 2.05) is 12.1 Å². The Hall–Kier alpha value is -1.30. The lowest BCUT2D eigenvalue weighted by atomic mass is 10.2. The molecular weight excluding hydrogens is 492 g/mol. The van der Waals surface area contributed by atoms with E-state index >= 15 is 0 Å². The van der Waals surface area contributed by atoms with Gasteiger partial charge in [-0.15, -0.1) is 35.3 Å². The predicted molar refractivity (Wildman–Crippen MR) is 112 cm³/mol. The molecule has 0 radical (unpaired) electrons. The van der Waals surface area contributed by atoms with Crippen molar-refractivity contribution in [3.63, 3.8) is 0 Å². The monoisotopic (exact) mass is 516 g/mol. The Labute approximate surface area is 177 Å². The molecule has 0 saturated carbocycles. The van der Waals surface area contributed by atoms with Crippen molar-refractivity contribution in [2.24, 2.45) is 10.9 Å². The van der Waals surface area contributed by atoms with E-state index in [4.69, 9.17) is 4.42 Å². The largest absolute Gasteiger partial charge is 0.469 e. The lowest BCUT2D eigenvalue weighted by molar-refractivity contribution is -0.140.